The van der Waals surface area contributed by atoms with E-state index in [0.717, 1.165) is 25.9 Å². The second-order valence-corrected chi connectivity index (χ2v) is 7.67. The van der Waals surface area contributed by atoms with Crippen LogP contribution in [0.15, 0.2) is 11.4 Å². The molecule has 2 aliphatic rings. The Labute approximate surface area is 153 Å². The van der Waals surface area contributed by atoms with Crippen LogP contribution in [0, 0.1) is 5.92 Å². The van der Waals surface area contributed by atoms with Crippen LogP contribution < -0.4 is 5.73 Å². The smallest absolute Gasteiger partial charge is 0.223 e. The van der Waals surface area contributed by atoms with Gasteiger partial charge in [0.2, 0.25) is 11.8 Å². The third kappa shape index (κ3) is 4.10. The molecule has 1 fully saturated rings. The zero-order valence-corrected chi connectivity index (χ0v) is 15.7. The molecule has 3 heterocycles. The van der Waals surface area contributed by atoms with Crippen LogP contribution in [0.25, 0.3) is 0 Å². The van der Waals surface area contributed by atoms with Gasteiger partial charge in [-0.2, -0.15) is 0 Å². The van der Waals surface area contributed by atoms with Crippen LogP contribution in [-0.2, 0) is 22.6 Å². The predicted molar refractivity (Wildman–Crippen MR) is 98.3 cm³/mol. The van der Waals surface area contributed by atoms with Crippen LogP contribution in [0.2, 0.25) is 0 Å². The van der Waals surface area contributed by atoms with Gasteiger partial charge in [-0.05, 0) is 49.2 Å². The van der Waals surface area contributed by atoms with Crippen molar-refractivity contribution >= 4 is 35.6 Å². The van der Waals surface area contributed by atoms with E-state index in [4.69, 9.17) is 5.73 Å². The molecule has 2 unspecified atom stereocenters. The molecule has 0 saturated carbocycles. The van der Waals surface area contributed by atoms with Crippen molar-refractivity contribution in [3.05, 3.63) is 21.9 Å². The first-order valence-corrected chi connectivity index (χ1v) is 9.29. The van der Waals surface area contributed by atoms with Crippen molar-refractivity contribution in [2.75, 3.05) is 19.6 Å². The summed E-state index contributed by atoms with van der Waals surface area (Å²) in [6.45, 7) is 4.91. The van der Waals surface area contributed by atoms with E-state index < -0.39 is 0 Å². The lowest BCUT2D eigenvalue weighted by Crippen LogP contribution is -2.38. The molecule has 2 amide bonds. The Kier molecular flexibility index (Phi) is 6.66. The first-order valence-electron chi connectivity index (χ1n) is 8.41. The van der Waals surface area contributed by atoms with Gasteiger partial charge in [0.1, 0.15) is 0 Å². The summed E-state index contributed by atoms with van der Waals surface area (Å²) in [7, 11) is 0. The molecule has 24 heavy (non-hydrogen) atoms. The number of fused-ring (bicyclic) bond motifs is 1. The van der Waals surface area contributed by atoms with Gasteiger partial charge in [0, 0.05) is 43.4 Å². The van der Waals surface area contributed by atoms with E-state index in [1.165, 1.54) is 10.4 Å². The molecule has 0 aromatic carbocycles. The highest BCUT2D eigenvalue weighted by Crippen LogP contribution is 2.25. The van der Waals surface area contributed by atoms with Gasteiger partial charge in [0.15, 0.2) is 0 Å². The maximum atomic E-state index is 12.4. The van der Waals surface area contributed by atoms with Crippen molar-refractivity contribution in [2.24, 2.45) is 11.7 Å². The van der Waals surface area contributed by atoms with Gasteiger partial charge in [-0.25, -0.2) is 0 Å². The summed E-state index contributed by atoms with van der Waals surface area (Å²) in [5, 5.41) is 2.09. The fraction of sp³-hybridized carbons (Fsp3) is 0.647. The second kappa shape index (κ2) is 8.32. The average molecular weight is 372 g/mol. The Bertz CT molecular complexity index is 592. The topological polar surface area (TPSA) is 66.6 Å². The van der Waals surface area contributed by atoms with Crippen molar-refractivity contribution in [3.63, 3.8) is 0 Å². The largest absolute Gasteiger partial charge is 0.340 e. The molecule has 134 valence electrons. The molecule has 2 atom stereocenters. The zero-order valence-electron chi connectivity index (χ0n) is 14.1. The van der Waals surface area contributed by atoms with Crippen LogP contribution in [0.3, 0.4) is 0 Å². The molecule has 3 rings (SSSR count). The van der Waals surface area contributed by atoms with Gasteiger partial charge in [0.25, 0.3) is 0 Å². The number of carbonyl (C=O) groups excluding carboxylic acids is 2. The Morgan fingerprint density at radius 1 is 1.33 bits per heavy atom. The monoisotopic (exact) mass is 371 g/mol. The first-order chi connectivity index (χ1) is 11.1. The number of likely N-dealkylation sites (tertiary alicyclic amines) is 1. The first kappa shape index (κ1) is 19.2. The van der Waals surface area contributed by atoms with Crippen molar-refractivity contribution in [2.45, 2.75) is 45.2 Å². The van der Waals surface area contributed by atoms with Gasteiger partial charge in [-0.3, -0.25) is 9.59 Å². The molecule has 1 aromatic rings. The lowest BCUT2D eigenvalue weighted by molar-refractivity contribution is -0.137. The van der Waals surface area contributed by atoms with Gasteiger partial charge >= 0.3 is 0 Å². The summed E-state index contributed by atoms with van der Waals surface area (Å²) in [6.07, 6.45) is 2.54. The van der Waals surface area contributed by atoms with Gasteiger partial charge in [-0.1, -0.05) is 0 Å². The Morgan fingerprint density at radius 2 is 2.08 bits per heavy atom. The van der Waals surface area contributed by atoms with Gasteiger partial charge in [0.05, 0.1) is 0 Å². The Morgan fingerprint density at radius 3 is 2.79 bits per heavy atom. The number of carbonyl (C=O) groups is 2. The lowest BCUT2D eigenvalue weighted by Gasteiger charge is -2.27. The number of rotatable bonds is 4. The fourth-order valence-electron chi connectivity index (χ4n) is 3.64. The maximum Gasteiger partial charge on any atom is 0.223 e. The maximum absolute atomic E-state index is 12.4. The third-order valence-electron chi connectivity index (χ3n) is 5.03. The minimum absolute atomic E-state index is 0. The molecule has 0 spiro atoms. The van der Waals surface area contributed by atoms with Crippen LogP contribution >= 0.6 is 23.7 Å². The van der Waals surface area contributed by atoms with Crippen LogP contribution in [0.1, 0.15) is 36.6 Å². The van der Waals surface area contributed by atoms with E-state index in [2.05, 4.69) is 18.4 Å². The van der Waals surface area contributed by atoms with E-state index in [1.54, 1.807) is 11.3 Å². The number of nitrogens with two attached hydrogens (primary N) is 1. The number of hydrogen-bond donors (Lipinski definition) is 1. The number of thiophene rings is 1. The summed E-state index contributed by atoms with van der Waals surface area (Å²) in [5.41, 5.74) is 6.97. The minimum Gasteiger partial charge on any atom is -0.340 e. The number of halogens is 1. The molecule has 1 aromatic heterocycles. The number of hydrogen-bond acceptors (Lipinski definition) is 4. The molecule has 0 bridgehead atoms. The molecule has 0 radical (unpaired) electrons. The fourth-order valence-corrected chi connectivity index (χ4v) is 4.53. The van der Waals surface area contributed by atoms with Crippen molar-refractivity contribution < 1.29 is 9.59 Å². The number of nitrogens with zero attached hydrogens (tertiary/aromatic N) is 2. The molecule has 1 saturated heterocycles. The number of amides is 2. The Balaban J connectivity index is 0.00000208. The quantitative estimate of drug-likeness (QED) is 0.880. The van der Waals surface area contributed by atoms with Crippen molar-refractivity contribution in [1.82, 2.24) is 9.80 Å². The molecular formula is C17H26ClN3O2S. The average Bonchev–Trinajstić information content (AvgIpc) is 3.17. The van der Waals surface area contributed by atoms with E-state index in [1.807, 2.05) is 9.80 Å². The SMILES string of the molecule is CC1CC(CN)CN1C(=O)CCC(=O)N1CCc2sccc2C1.Cl. The highest BCUT2D eigenvalue weighted by molar-refractivity contribution is 7.10. The van der Waals surface area contributed by atoms with Crippen molar-refractivity contribution in [3.8, 4) is 0 Å². The normalized spacial score (nSPS) is 22.9. The molecule has 2 N–H and O–H groups in total. The Hall–Kier alpha value is -1.11. The van der Waals surface area contributed by atoms with E-state index in [9.17, 15) is 9.59 Å². The van der Waals surface area contributed by atoms with Gasteiger partial charge < -0.3 is 15.5 Å². The van der Waals surface area contributed by atoms with Gasteiger partial charge in [-0.15, -0.1) is 23.7 Å². The molecule has 5 nitrogen and oxygen atoms in total. The molecule has 2 aliphatic heterocycles. The lowest BCUT2D eigenvalue weighted by atomic mass is 10.1. The molecule has 7 heteroatoms. The summed E-state index contributed by atoms with van der Waals surface area (Å²) < 4.78 is 0. The molecule has 0 aliphatic carbocycles. The summed E-state index contributed by atoms with van der Waals surface area (Å²) in [6, 6.07) is 2.35. The predicted octanol–water partition coefficient (Wildman–Crippen LogP) is 2.03. The molecular weight excluding hydrogens is 346 g/mol. The van der Waals surface area contributed by atoms with Crippen LogP contribution in [0.4, 0.5) is 0 Å². The van der Waals surface area contributed by atoms with E-state index >= 15 is 0 Å². The van der Waals surface area contributed by atoms with E-state index in [-0.39, 0.29) is 30.3 Å². The zero-order chi connectivity index (χ0) is 16.4. The van der Waals surface area contributed by atoms with Crippen LogP contribution in [-0.4, -0.2) is 47.3 Å². The van der Waals surface area contributed by atoms with Crippen molar-refractivity contribution in [1.29, 1.82) is 0 Å². The minimum atomic E-state index is 0. The second-order valence-electron chi connectivity index (χ2n) is 6.67. The standard InChI is InChI=1S/C17H25N3O2S.ClH/c1-12-8-13(9-18)10-20(12)17(22)3-2-16(21)19-6-4-15-14(11-19)5-7-23-15;/h5,7,12-13H,2-4,6,8-11,18H2,1H3;1H. The summed E-state index contributed by atoms with van der Waals surface area (Å²) >= 11 is 1.77. The highest BCUT2D eigenvalue weighted by Gasteiger charge is 2.31. The highest BCUT2D eigenvalue weighted by atomic mass is 35.5. The van der Waals surface area contributed by atoms with Crippen LogP contribution in [0.5, 0.6) is 0 Å². The van der Waals surface area contributed by atoms with E-state index in [0.29, 0.717) is 31.8 Å². The summed E-state index contributed by atoms with van der Waals surface area (Å²) in [5.74, 6) is 0.594. The summed E-state index contributed by atoms with van der Waals surface area (Å²) in [4.78, 5) is 29.9. The third-order valence-corrected chi connectivity index (χ3v) is 6.05.